The van der Waals surface area contributed by atoms with Crippen LogP contribution in [0.5, 0.6) is 0 Å². The van der Waals surface area contributed by atoms with Gasteiger partial charge in [0.1, 0.15) is 5.69 Å². The Morgan fingerprint density at radius 3 is 2.81 bits per heavy atom. The zero-order valence-electron chi connectivity index (χ0n) is 12.7. The van der Waals surface area contributed by atoms with Crippen LogP contribution < -0.4 is 10.6 Å². The standard InChI is InChI=1S/C17H23N3O/c1-3-10-20-11-6-9-16(20)17(21)19-15-8-5-7-14(12-15)13-18-4-2/h5-9,11-12,18H,3-4,10,13H2,1-2H3,(H,19,21). The van der Waals surface area contributed by atoms with Crippen LogP contribution in [0.4, 0.5) is 5.69 Å². The molecule has 2 aromatic rings. The highest BCUT2D eigenvalue weighted by Crippen LogP contribution is 2.13. The first kappa shape index (κ1) is 15.3. The van der Waals surface area contributed by atoms with E-state index in [2.05, 4.69) is 30.5 Å². The third-order valence-corrected chi connectivity index (χ3v) is 3.29. The maximum absolute atomic E-state index is 12.3. The minimum atomic E-state index is -0.0611. The van der Waals surface area contributed by atoms with Crippen LogP contribution in [0.25, 0.3) is 0 Å². The first-order valence-corrected chi connectivity index (χ1v) is 7.50. The molecule has 2 N–H and O–H groups in total. The van der Waals surface area contributed by atoms with Gasteiger partial charge < -0.3 is 15.2 Å². The summed E-state index contributed by atoms with van der Waals surface area (Å²) in [5.41, 5.74) is 2.70. The number of nitrogens with one attached hydrogen (secondary N) is 2. The molecule has 0 aliphatic carbocycles. The lowest BCUT2D eigenvalue weighted by Crippen LogP contribution is -2.17. The molecule has 0 saturated heterocycles. The number of anilines is 1. The van der Waals surface area contributed by atoms with Gasteiger partial charge in [0.15, 0.2) is 0 Å². The molecule has 2 rings (SSSR count). The molecule has 0 atom stereocenters. The van der Waals surface area contributed by atoms with Crippen molar-refractivity contribution in [3.8, 4) is 0 Å². The number of hydrogen-bond donors (Lipinski definition) is 2. The molecule has 0 aliphatic heterocycles. The summed E-state index contributed by atoms with van der Waals surface area (Å²) in [6, 6.07) is 11.7. The van der Waals surface area contributed by atoms with Gasteiger partial charge in [-0.2, -0.15) is 0 Å². The van der Waals surface area contributed by atoms with Gasteiger partial charge in [0.05, 0.1) is 0 Å². The minimum absolute atomic E-state index is 0.0611. The van der Waals surface area contributed by atoms with Crippen LogP contribution >= 0.6 is 0 Å². The molecular weight excluding hydrogens is 262 g/mol. The van der Waals surface area contributed by atoms with E-state index >= 15 is 0 Å². The minimum Gasteiger partial charge on any atom is -0.344 e. The Bertz CT molecular complexity index is 589. The number of carbonyl (C=O) groups excluding carboxylic acids is 1. The number of hydrogen-bond acceptors (Lipinski definition) is 2. The molecule has 0 bridgehead atoms. The summed E-state index contributed by atoms with van der Waals surface area (Å²) in [5, 5.41) is 6.25. The van der Waals surface area contributed by atoms with E-state index in [1.807, 2.05) is 41.1 Å². The second-order valence-electron chi connectivity index (χ2n) is 5.02. The van der Waals surface area contributed by atoms with Crippen molar-refractivity contribution >= 4 is 11.6 Å². The van der Waals surface area contributed by atoms with Crippen LogP contribution in [0, 0.1) is 0 Å². The van der Waals surface area contributed by atoms with Gasteiger partial charge in [-0.1, -0.05) is 26.0 Å². The zero-order valence-corrected chi connectivity index (χ0v) is 12.7. The first-order chi connectivity index (χ1) is 10.2. The molecule has 0 fully saturated rings. The van der Waals surface area contributed by atoms with Crippen molar-refractivity contribution < 1.29 is 4.79 Å². The van der Waals surface area contributed by atoms with E-state index in [4.69, 9.17) is 0 Å². The molecule has 4 heteroatoms. The molecule has 0 saturated carbocycles. The Balaban J connectivity index is 2.06. The van der Waals surface area contributed by atoms with Crippen molar-refractivity contribution in [1.82, 2.24) is 9.88 Å². The molecule has 1 amide bonds. The Morgan fingerprint density at radius 1 is 1.19 bits per heavy atom. The molecule has 4 nitrogen and oxygen atoms in total. The van der Waals surface area contributed by atoms with Crippen LogP contribution in [0.15, 0.2) is 42.6 Å². The van der Waals surface area contributed by atoms with E-state index in [0.717, 1.165) is 31.7 Å². The van der Waals surface area contributed by atoms with Gasteiger partial charge in [0, 0.05) is 25.0 Å². The van der Waals surface area contributed by atoms with E-state index in [0.29, 0.717) is 5.69 Å². The lowest BCUT2D eigenvalue weighted by Gasteiger charge is -2.10. The second kappa shape index (κ2) is 7.64. The number of amides is 1. The molecule has 1 heterocycles. The predicted octanol–water partition coefficient (Wildman–Crippen LogP) is 3.26. The summed E-state index contributed by atoms with van der Waals surface area (Å²) < 4.78 is 1.98. The summed E-state index contributed by atoms with van der Waals surface area (Å²) >= 11 is 0. The van der Waals surface area contributed by atoms with Gasteiger partial charge in [-0.25, -0.2) is 0 Å². The number of aryl methyl sites for hydroxylation is 1. The van der Waals surface area contributed by atoms with Crippen LogP contribution in [0.2, 0.25) is 0 Å². The van der Waals surface area contributed by atoms with Crippen molar-refractivity contribution in [3.63, 3.8) is 0 Å². The summed E-state index contributed by atoms with van der Waals surface area (Å²) in [6.07, 6.45) is 2.95. The van der Waals surface area contributed by atoms with Crippen LogP contribution in [-0.2, 0) is 13.1 Å². The van der Waals surface area contributed by atoms with Crippen molar-refractivity contribution in [2.45, 2.75) is 33.4 Å². The van der Waals surface area contributed by atoms with Gasteiger partial charge in [-0.3, -0.25) is 4.79 Å². The van der Waals surface area contributed by atoms with E-state index in [1.54, 1.807) is 0 Å². The van der Waals surface area contributed by atoms with Gasteiger partial charge in [-0.15, -0.1) is 0 Å². The molecule has 0 unspecified atom stereocenters. The van der Waals surface area contributed by atoms with Crippen LogP contribution in [0.1, 0.15) is 36.3 Å². The number of carbonyl (C=O) groups is 1. The highest BCUT2D eigenvalue weighted by molar-refractivity contribution is 6.03. The second-order valence-corrected chi connectivity index (χ2v) is 5.02. The smallest absolute Gasteiger partial charge is 0.272 e. The maximum atomic E-state index is 12.3. The molecule has 112 valence electrons. The monoisotopic (exact) mass is 285 g/mol. The van der Waals surface area contributed by atoms with Gasteiger partial charge in [0.25, 0.3) is 5.91 Å². The Kier molecular flexibility index (Phi) is 5.58. The van der Waals surface area contributed by atoms with Crippen molar-refractivity contribution in [1.29, 1.82) is 0 Å². The molecule has 1 aromatic carbocycles. The maximum Gasteiger partial charge on any atom is 0.272 e. The number of aromatic nitrogens is 1. The summed E-state index contributed by atoms with van der Waals surface area (Å²) in [5.74, 6) is -0.0611. The van der Waals surface area contributed by atoms with Crippen molar-refractivity contribution in [2.24, 2.45) is 0 Å². The molecule has 0 spiro atoms. The molecular formula is C17H23N3O. The highest BCUT2D eigenvalue weighted by atomic mass is 16.1. The predicted molar refractivity (Wildman–Crippen MR) is 86.5 cm³/mol. The van der Waals surface area contributed by atoms with E-state index < -0.39 is 0 Å². The fourth-order valence-electron chi connectivity index (χ4n) is 2.28. The van der Waals surface area contributed by atoms with Crippen LogP contribution in [-0.4, -0.2) is 17.0 Å². The van der Waals surface area contributed by atoms with Crippen LogP contribution in [0.3, 0.4) is 0 Å². The average Bonchev–Trinajstić information content (AvgIpc) is 2.94. The number of nitrogens with zero attached hydrogens (tertiary/aromatic N) is 1. The summed E-state index contributed by atoms with van der Waals surface area (Å²) in [6.45, 7) is 6.78. The zero-order chi connectivity index (χ0) is 15.1. The average molecular weight is 285 g/mol. The fraction of sp³-hybridized carbons (Fsp3) is 0.353. The molecule has 1 aromatic heterocycles. The van der Waals surface area contributed by atoms with Crippen molar-refractivity contribution in [3.05, 3.63) is 53.9 Å². The molecule has 0 aliphatic rings. The normalized spacial score (nSPS) is 10.6. The van der Waals surface area contributed by atoms with Gasteiger partial charge >= 0.3 is 0 Å². The lowest BCUT2D eigenvalue weighted by molar-refractivity contribution is 0.101. The largest absolute Gasteiger partial charge is 0.344 e. The summed E-state index contributed by atoms with van der Waals surface area (Å²) in [7, 11) is 0. The van der Waals surface area contributed by atoms with Gasteiger partial charge in [0.2, 0.25) is 0 Å². The fourth-order valence-corrected chi connectivity index (χ4v) is 2.28. The number of rotatable bonds is 7. The SMILES string of the molecule is CCCn1cccc1C(=O)Nc1cccc(CNCC)c1. The van der Waals surface area contributed by atoms with E-state index in [9.17, 15) is 4.79 Å². The van der Waals surface area contributed by atoms with E-state index in [-0.39, 0.29) is 5.91 Å². The highest BCUT2D eigenvalue weighted by Gasteiger charge is 2.10. The van der Waals surface area contributed by atoms with Crippen molar-refractivity contribution in [2.75, 3.05) is 11.9 Å². The van der Waals surface area contributed by atoms with E-state index in [1.165, 1.54) is 5.56 Å². The quantitative estimate of drug-likeness (QED) is 0.820. The number of benzene rings is 1. The Hall–Kier alpha value is -2.07. The first-order valence-electron chi connectivity index (χ1n) is 7.50. The molecule has 0 radical (unpaired) electrons. The molecule has 21 heavy (non-hydrogen) atoms. The Labute approximate surface area is 126 Å². The lowest BCUT2D eigenvalue weighted by atomic mass is 10.2. The third-order valence-electron chi connectivity index (χ3n) is 3.29. The van der Waals surface area contributed by atoms with Gasteiger partial charge in [-0.05, 0) is 42.8 Å². The third kappa shape index (κ3) is 4.20. The Morgan fingerprint density at radius 2 is 2.05 bits per heavy atom. The summed E-state index contributed by atoms with van der Waals surface area (Å²) in [4.78, 5) is 12.3. The topological polar surface area (TPSA) is 46.1 Å².